The summed E-state index contributed by atoms with van der Waals surface area (Å²) in [4.78, 5) is 18.4. The Kier molecular flexibility index (Phi) is 4.57. The molecule has 1 amide bonds. The third kappa shape index (κ3) is 3.40. The Morgan fingerprint density at radius 2 is 2.04 bits per heavy atom. The van der Waals surface area contributed by atoms with Crippen LogP contribution in [0, 0.1) is 0 Å². The molecule has 1 aromatic heterocycles. The zero-order valence-corrected chi connectivity index (χ0v) is 15.5. The molecule has 26 heavy (non-hydrogen) atoms. The predicted molar refractivity (Wildman–Crippen MR) is 99.8 cm³/mol. The van der Waals surface area contributed by atoms with Crippen LogP contribution in [0.25, 0.3) is 11.4 Å². The van der Waals surface area contributed by atoms with Crippen molar-refractivity contribution in [2.45, 2.75) is 25.6 Å². The largest absolute Gasteiger partial charge is 0.368 e. The van der Waals surface area contributed by atoms with Gasteiger partial charge < -0.3 is 10.3 Å². The molecule has 132 valence electrons. The zero-order valence-electron chi connectivity index (χ0n) is 13.9. The molecule has 0 fully saturated rings. The van der Waals surface area contributed by atoms with Gasteiger partial charge in [0.1, 0.15) is 0 Å². The van der Waals surface area contributed by atoms with E-state index in [9.17, 15) is 4.79 Å². The van der Waals surface area contributed by atoms with Gasteiger partial charge in [0, 0.05) is 16.6 Å². The summed E-state index contributed by atoms with van der Waals surface area (Å²) in [5.74, 6) is 0.645. The van der Waals surface area contributed by atoms with Gasteiger partial charge in [-0.1, -0.05) is 57.5 Å². The molecule has 6 nitrogen and oxygen atoms in total. The fourth-order valence-corrected chi connectivity index (χ4v) is 3.66. The normalized spacial score (nSPS) is 17.0. The van der Waals surface area contributed by atoms with E-state index in [1.807, 2.05) is 47.4 Å². The van der Waals surface area contributed by atoms with Crippen LogP contribution in [0.2, 0.25) is 0 Å². The maximum atomic E-state index is 11.9. The van der Waals surface area contributed by atoms with Crippen LogP contribution in [0.5, 0.6) is 0 Å². The SMILES string of the molecule is NC(=O)[C@H]1Cc2ccccc2CN1Cc1nc(-c2cccc(Br)c2)no1. The number of carbonyl (C=O) groups excluding carboxylic acids is 1. The molecule has 4 rings (SSSR count). The smallest absolute Gasteiger partial charge is 0.241 e. The topological polar surface area (TPSA) is 85.3 Å². The molecule has 0 saturated heterocycles. The maximum Gasteiger partial charge on any atom is 0.241 e. The lowest BCUT2D eigenvalue weighted by atomic mass is 9.93. The van der Waals surface area contributed by atoms with Crippen molar-refractivity contribution in [3.05, 3.63) is 70.0 Å². The highest BCUT2D eigenvalue weighted by atomic mass is 79.9. The number of fused-ring (bicyclic) bond motifs is 1. The van der Waals surface area contributed by atoms with Crippen molar-refractivity contribution in [2.24, 2.45) is 5.73 Å². The van der Waals surface area contributed by atoms with Crippen molar-refractivity contribution in [1.82, 2.24) is 15.0 Å². The summed E-state index contributed by atoms with van der Waals surface area (Å²) in [6, 6.07) is 15.4. The van der Waals surface area contributed by atoms with Crippen molar-refractivity contribution in [2.75, 3.05) is 0 Å². The van der Waals surface area contributed by atoms with Gasteiger partial charge in [0.05, 0.1) is 12.6 Å². The first-order valence-electron chi connectivity index (χ1n) is 8.29. The summed E-state index contributed by atoms with van der Waals surface area (Å²) in [5.41, 5.74) is 8.85. The van der Waals surface area contributed by atoms with E-state index in [1.165, 1.54) is 5.56 Å². The van der Waals surface area contributed by atoms with Gasteiger partial charge in [-0.3, -0.25) is 9.69 Å². The minimum Gasteiger partial charge on any atom is -0.368 e. The van der Waals surface area contributed by atoms with Gasteiger partial charge in [-0.15, -0.1) is 0 Å². The fourth-order valence-electron chi connectivity index (χ4n) is 3.26. The van der Waals surface area contributed by atoms with E-state index in [2.05, 4.69) is 32.1 Å². The molecule has 0 spiro atoms. The summed E-state index contributed by atoms with van der Waals surface area (Å²) in [7, 11) is 0. The molecule has 1 atom stereocenters. The van der Waals surface area contributed by atoms with Gasteiger partial charge in [0.25, 0.3) is 0 Å². The van der Waals surface area contributed by atoms with E-state index in [0.29, 0.717) is 31.2 Å². The van der Waals surface area contributed by atoms with Gasteiger partial charge in [0.2, 0.25) is 17.6 Å². The minimum absolute atomic E-state index is 0.341. The van der Waals surface area contributed by atoms with E-state index in [1.54, 1.807) is 0 Å². The monoisotopic (exact) mass is 412 g/mol. The molecular formula is C19H17BrN4O2. The predicted octanol–water partition coefficient (Wildman–Crippen LogP) is 2.91. The molecule has 1 aliphatic rings. The van der Waals surface area contributed by atoms with E-state index in [-0.39, 0.29) is 11.9 Å². The number of nitrogens with zero attached hydrogens (tertiary/aromatic N) is 3. The molecule has 7 heteroatoms. The first-order chi connectivity index (χ1) is 12.6. The Balaban J connectivity index is 1.57. The summed E-state index contributed by atoms with van der Waals surface area (Å²) >= 11 is 3.44. The molecule has 0 radical (unpaired) electrons. The summed E-state index contributed by atoms with van der Waals surface area (Å²) in [6.45, 7) is 1.00. The molecule has 2 aromatic carbocycles. The number of primary amides is 1. The van der Waals surface area contributed by atoms with Crippen molar-refractivity contribution in [3.63, 3.8) is 0 Å². The van der Waals surface area contributed by atoms with Crippen LogP contribution in [0.15, 0.2) is 57.5 Å². The number of halogens is 1. The Morgan fingerprint density at radius 3 is 2.81 bits per heavy atom. The highest BCUT2D eigenvalue weighted by Gasteiger charge is 2.31. The summed E-state index contributed by atoms with van der Waals surface area (Å²) in [6.07, 6.45) is 0.595. The zero-order chi connectivity index (χ0) is 18.1. The molecule has 2 heterocycles. The first-order valence-corrected chi connectivity index (χ1v) is 9.08. The summed E-state index contributed by atoms with van der Waals surface area (Å²) < 4.78 is 6.35. The van der Waals surface area contributed by atoms with Crippen LogP contribution < -0.4 is 5.73 Å². The lowest BCUT2D eigenvalue weighted by Gasteiger charge is -2.33. The fraction of sp³-hybridized carbons (Fsp3) is 0.211. The maximum absolute atomic E-state index is 11.9. The average molecular weight is 413 g/mol. The molecule has 0 aliphatic carbocycles. The Hall–Kier alpha value is -2.51. The van der Waals surface area contributed by atoms with Crippen molar-refractivity contribution in [3.8, 4) is 11.4 Å². The number of hydrogen-bond donors (Lipinski definition) is 1. The van der Waals surface area contributed by atoms with Crippen molar-refractivity contribution < 1.29 is 9.32 Å². The second-order valence-electron chi connectivity index (χ2n) is 6.32. The number of rotatable bonds is 4. The first kappa shape index (κ1) is 16.9. The van der Waals surface area contributed by atoms with E-state index < -0.39 is 0 Å². The second-order valence-corrected chi connectivity index (χ2v) is 7.23. The van der Waals surface area contributed by atoms with Crippen molar-refractivity contribution in [1.29, 1.82) is 0 Å². The Labute approximate surface area is 159 Å². The lowest BCUT2D eigenvalue weighted by molar-refractivity contribution is -0.124. The van der Waals surface area contributed by atoms with Crippen LogP contribution in [0.1, 0.15) is 17.0 Å². The molecule has 1 aliphatic heterocycles. The van der Waals surface area contributed by atoms with Gasteiger partial charge >= 0.3 is 0 Å². The number of nitrogens with two attached hydrogens (primary N) is 1. The van der Waals surface area contributed by atoms with Gasteiger partial charge in [-0.2, -0.15) is 4.98 Å². The Morgan fingerprint density at radius 1 is 1.23 bits per heavy atom. The quantitative estimate of drug-likeness (QED) is 0.711. The number of carbonyl (C=O) groups is 1. The molecule has 0 bridgehead atoms. The van der Waals surface area contributed by atoms with Crippen LogP contribution in [0.3, 0.4) is 0 Å². The standard InChI is InChI=1S/C19H17BrN4O2/c20-15-7-3-6-13(8-15)19-22-17(26-23-19)11-24-10-14-5-2-1-4-12(14)9-16(24)18(21)25/h1-8,16H,9-11H2,(H2,21,25)/t16-/m1/s1. The number of aromatic nitrogens is 2. The number of hydrogen-bond acceptors (Lipinski definition) is 5. The summed E-state index contributed by atoms with van der Waals surface area (Å²) in [5, 5.41) is 4.06. The van der Waals surface area contributed by atoms with Crippen LogP contribution in [-0.2, 0) is 24.3 Å². The lowest BCUT2D eigenvalue weighted by Crippen LogP contribution is -2.48. The van der Waals surface area contributed by atoms with E-state index >= 15 is 0 Å². The molecular weight excluding hydrogens is 396 g/mol. The van der Waals surface area contributed by atoms with Gasteiger partial charge in [-0.05, 0) is 29.7 Å². The molecule has 3 aromatic rings. The van der Waals surface area contributed by atoms with Crippen molar-refractivity contribution >= 4 is 21.8 Å². The highest BCUT2D eigenvalue weighted by Crippen LogP contribution is 2.26. The van der Waals surface area contributed by atoms with Crippen LogP contribution in [0.4, 0.5) is 0 Å². The van der Waals surface area contributed by atoms with Crippen LogP contribution >= 0.6 is 15.9 Å². The van der Waals surface area contributed by atoms with Gasteiger partial charge in [-0.25, -0.2) is 0 Å². The molecule has 0 unspecified atom stereocenters. The minimum atomic E-state index is -0.383. The number of benzene rings is 2. The Bertz CT molecular complexity index is 956. The number of amides is 1. The highest BCUT2D eigenvalue weighted by molar-refractivity contribution is 9.10. The second kappa shape index (κ2) is 7.01. The van der Waals surface area contributed by atoms with Gasteiger partial charge in [0.15, 0.2) is 0 Å². The third-order valence-electron chi connectivity index (χ3n) is 4.56. The van der Waals surface area contributed by atoms with Crippen LogP contribution in [-0.4, -0.2) is 27.0 Å². The average Bonchev–Trinajstić information content (AvgIpc) is 3.09. The van der Waals surface area contributed by atoms with E-state index in [4.69, 9.17) is 10.3 Å². The molecule has 2 N–H and O–H groups in total. The van der Waals surface area contributed by atoms with E-state index in [0.717, 1.165) is 15.6 Å². The third-order valence-corrected chi connectivity index (χ3v) is 5.06. The molecule has 0 saturated carbocycles.